The standard InChI is InChI=1S/C13H27N3/c1-15(9-12-5-3-8-16(12)2)11-13(10-14)6-4-7-13/h12H,3-11,14H2,1-2H3. The number of likely N-dealkylation sites (N-methyl/N-ethyl adjacent to an activating group) is 2. The van der Waals surface area contributed by atoms with E-state index in [4.69, 9.17) is 5.73 Å². The van der Waals surface area contributed by atoms with Crippen LogP contribution in [-0.4, -0.2) is 56.1 Å². The molecule has 0 bridgehead atoms. The van der Waals surface area contributed by atoms with Gasteiger partial charge in [-0.25, -0.2) is 0 Å². The van der Waals surface area contributed by atoms with Gasteiger partial charge in [0.25, 0.3) is 0 Å². The van der Waals surface area contributed by atoms with Gasteiger partial charge in [-0.2, -0.15) is 0 Å². The van der Waals surface area contributed by atoms with Gasteiger partial charge >= 0.3 is 0 Å². The molecular weight excluding hydrogens is 198 g/mol. The average Bonchev–Trinajstić information content (AvgIpc) is 2.58. The molecule has 3 nitrogen and oxygen atoms in total. The Labute approximate surface area is 100.0 Å². The molecule has 1 atom stereocenters. The molecule has 94 valence electrons. The maximum Gasteiger partial charge on any atom is 0.0220 e. The van der Waals surface area contributed by atoms with Crippen molar-refractivity contribution in [3.8, 4) is 0 Å². The van der Waals surface area contributed by atoms with Crippen molar-refractivity contribution in [3.63, 3.8) is 0 Å². The van der Waals surface area contributed by atoms with Crippen LogP contribution in [0.2, 0.25) is 0 Å². The molecule has 16 heavy (non-hydrogen) atoms. The van der Waals surface area contributed by atoms with Gasteiger partial charge < -0.3 is 15.5 Å². The van der Waals surface area contributed by atoms with Gasteiger partial charge in [-0.1, -0.05) is 6.42 Å². The highest BCUT2D eigenvalue weighted by Crippen LogP contribution is 2.40. The van der Waals surface area contributed by atoms with Crippen LogP contribution in [0, 0.1) is 5.41 Å². The molecular formula is C13H27N3. The van der Waals surface area contributed by atoms with E-state index in [9.17, 15) is 0 Å². The molecule has 0 aromatic carbocycles. The Morgan fingerprint density at radius 3 is 2.56 bits per heavy atom. The first-order valence-corrected chi connectivity index (χ1v) is 6.74. The molecule has 0 spiro atoms. The van der Waals surface area contributed by atoms with Crippen molar-refractivity contribution in [2.45, 2.75) is 38.1 Å². The van der Waals surface area contributed by atoms with Crippen LogP contribution >= 0.6 is 0 Å². The van der Waals surface area contributed by atoms with Crippen molar-refractivity contribution < 1.29 is 0 Å². The molecule has 0 amide bonds. The second-order valence-electron chi connectivity index (χ2n) is 6.03. The molecule has 0 aromatic heterocycles. The van der Waals surface area contributed by atoms with Crippen LogP contribution in [0.5, 0.6) is 0 Å². The van der Waals surface area contributed by atoms with Gasteiger partial charge in [0, 0.05) is 19.1 Å². The number of hydrogen-bond donors (Lipinski definition) is 1. The third-order valence-electron chi connectivity index (χ3n) is 4.65. The van der Waals surface area contributed by atoms with Crippen LogP contribution in [0.25, 0.3) is 0 Å². The topological polar surface area (TPSA) is 32.5 Å². The van der Waals surface area contributed by atoms with E-state index in [0.29, 0.717) is 5.41 Å². The number of likely N-dealkylation sites (tertiary alicyclic amines) is 1. The number of nitrogens with zero attached hydrogens (tertiary/aromatic N) is 2. The van der Waals surface area contributed by atoms with Gasteiger partial charge in [-0.3, -0.25) is 0 Å². The summed E-state index contributed by atoms with van der Waals surface area (Å²) in [4.78, 5) is 5.02. The molecule has 1 aliphatic heterocycles. The summed E-state index contributed by atoms with van der Waals surface area (Å²) in [5.74, 6) is 0. The number of nitrogens with two attached hydrogens (primary N) is 1. The van der Waals surface area contributed by atoms with Gasteiger partial charge in [0.05, 0.1) is 0 Å². The molecule has 1 saturated heterocycles. The fourth-order valence-electron chi connectivity index (χ4n) is 3.31. The van der Waals surface area contributed by atoms with Gasteiger partial charge in [0.1, 0.15) is 0 Å². The zero-order valence-electron chi connectivity index (χ0n) is 10.9. The predicted molar refractivity (Wildman–Crippen MR) is 68.5 cm³/mol. The highest BCUT2D eigenvalue weighted by molar-refractivity contribution is 4.91. The minimum Gasteiger partial charge on any atom is -0.330 e. The van der Waals surface area contributed by atoms with E-state index in [0.717, 1.165) is 12.6 Å². The van der Waals surface area contributed by atoms with E-state index >= 15 is 0 Å². The fourth-order valence-corrected chi connectivity index (χ4v) is 3.31. The molecule has 1 saturated carbocycles. The minimum atomic E-state index is 0.464. The van der Waals surface area contributed by atoms with Crippen LogP contribution in [0.15, 0.2) is 0 Å². The Kier molecular flexibility index (Phi) is 3.88. The van der Waals surface area contributed by atoms with E-state index in [1.165, 1.54) is 51.7 Å². The fraction of sp³-hybridized carbons (Fsp3) is 1.00. The lowest BCUT2D eigenvalue weighted by Crippen LogP contribution is -2.48. The minimum absolute atomic E-state index is 0.464. The Morgan fingerprint density at radius 2 is 2.12 bits per heavy atom. The maximum atomic E-state index is 5.92. The van der Waals surface area contributed by atoms with Crippen molar-refractivity contribution in [2.24, 2.45) is 11.1 Å². The molecule has 0 radical (unpaired) electrons. The Bertz CT molecular complexity index is 220. The largest absolute Gasteiger partial charge is 0.330 e. The summed E-state index contributed by atoms with van der Waals surface area (Å²) in [6.45, 7) is 4.57. The third-order valence-corrected chi connectivity index (χ3v) is 4.65. The summed E-state index contributed by atoms with van der Waals surface area (Å²) >= 11 is 0. The van der Waals surface area contributed by atoms with Crippen molar-refractivity contribution in [3.05, 3.63) is 0 Å². The van der Waals surface area contributed by atoms with Gasteiger partial charge in [-0.05, 0) is 58.3 Å². The molecule has 1 aliphatic carbocycles. The van der Waals surface area contributed by atoms with Gasteiger partial charge in [0.15, 0.2) is 0 Å². The second kappa shape index (κ2) is 5.03. The van der Waals surface area contributed by atoms with E-state index < -0.39 is 0 Å². The SMILES string of the molecule is CN(CC1CCCN1C)CC1(CN)CCC1. The maximum absolute atomic E-state index is 5.92. The lowest BCUT2D eigenvalue weighted by molar-refractivity contribution is 0.0767. The number of rotatable bonds is 5. The van der Waals surface area contributed by atoms with Gasteiger partial charge in [-0.15, -0.1) is 0 Å². The first kappa shape index (κ1) is 12.3. The van der Waals surface area contributed by atoms with Crippen molar-refractivity contribution in [1.82, 2.24) is 9.80 Å². The molecule has 2 rings (SSSR count). The van der Waals surface area contributed by atoms with Crippen LogP contribution in [0.1, 0.15) is 32.1 Å². The zero-order chi connectivity index (χ0) is 11.6. The van der Waals surface area contributed by atoms with Crippen molar-refractivity contribution in [2.75, 3.05) is 40.3 Å². The molecule has 3 heteroatoms. The number of hydrogen-bond acceptors (Lipinski definition) is 3. The predicted octanol–water partition coefficient (Wildman–Crippen LogP) is 1.14. The summed E-state index contributed by atoms with van der Waals surface area (Å²) in [7, 11) is 4.52. The highest BCUT2D eigenvalue weighted by Gasteiger charge is 2.37. The summed E-state index contributed by atoms with van der Waals surface area (Å²) in [5.41, 5.74) is 6.38. The second-order valence-corrected chi connectivity index (χ2v) is 6.03. The molecule has 2 fully saturated rings. The van der Waals surface area contributed by atoms with Crippen molar-refractivity contribution >= 4 is 0 Å². The zero-order valence-corrected chi connectivity index (χ0v) is 10.9. The summed E-state index contributed by atoms with van der Waals surface area (Å²) in [6.07, 6.45) is 6.81. The van der Waals surface area contributed by atoms with Gasteiger partial charge in [0.2, 0.25) is 0 Å². The Balaban J connectivity index is 1.77. The molecule has 0 aromatic rings. The summed E-state index contributed by atoms with van der Waals surface area (Å²) in [5, 5.41) is 0. The third kappa shape index (κ3) is 2.58. The van der Waals surface area contributed by atoms with Crippen LogP contribution in [0.4, 0.5) is 0 Å². The Hall–Kier alpha value is -0.120. The summed E-state index contributed by atoms with van der Waals surface area (Å²) in [6, 6.07) is 0.778. The molecule has 2 N–H and O–H groups in total. The van der Waals surface area contributed by atoms with E-state index in [1.54, 1.807) is 0 Å². The smallest absolute Gasteiger partial charge is 0.0220 e. The molecule has 1 heterocycles. The quantitative estimate of drug-likeness (QED) is 0.761. The van der Waals surface area contributed by atoms with Crippen LogP contribution in [-0.2, 0) is 0 Å². The van der Waals surface area contributed by atoms with E-state index in [-0.39, 0.29) is 0 Å². The van der Waals surface area contributed by atoms with E-state index in [1.807, 2.05) is 0 Å². The lowest BCUT2D eigenvalue weighted by atomic mass is 9.68. The Morgan fingerprint density at radius 1 is 1.38 bits per heavy atom. The molecule has 1 unspecified atom stereocenters. The summed E-state index contributed by atoms with van der Waals surface area (Å²) < 4.78 is 0. The first-order valence-electron chi connectivity index (χ1n) is 6.74. The highest BCUT2D eigenvalue weighted by atomic mass is 15.2. The molecule has 2 aliphatic rings. The average molecular weight is 225 g/mol. The van der Waals surface area contributed by atoms with Crippen molar-refractivity contribution in [1.29, 1.82) is 0 Å². The van der Waals surface area contributed by atoms with Crippen LogP contribution in [0.3, 0.4) is 0 Å². The first-order chi connectivity index (χ1) is 7.65. The monoisotopic (exact) mass is 225 g/mol. The van der Waals surface area contributed by atoms with E-state index in [2.05, 4.69) is 23.9 Å². The van der Waals surface area contributed by atoms with Crippen LogP contribution < -0.4 is 5.73 Å². The normalized spacial score (nSPS) is 29.6. The lowest BCUT2D eigenvalue weighted by Gasteiger charge is -2.44.